The van der Waals surface area contributed by atoms with Crippen LogP contribution < -0.4 is 5.32 Å². The summed E-state index contributed by atoms with van der Waals surface area (Å²) in [6.45, 7) is 6.24. The maximum atomic E-state index is 12.0. The lowest BCUT2D eigenvalue weighted by molar-refractivity contribution is -0.128. The summed E-state index contributed by atoms with van der Waals surface area (Å²) in [5.41, 5.74) is 1.22. The maximum absolute atomic E-state index is 12.0. The Balaban J connectivity index is 1.82. The fourth-order valence-electron chi connectivity index (χ4n) is 2.77. The first-order chi connectivity index (χ1) is 10.2. The number of halogens is 1. The number of benzene rings is 1. The molecule has 1 aliphatic heterocycles. The van der Waals surface area contributed by atoms with Gasteiger partial charge in [-0.05, 0) is 43.5 Å². The van der Waals surface area contributed by atoms with E-state index >= 15 is 0 Å². The normalized spacial score (nSPS) is 18.2. The summed E-state index contributed by atoms with van der Waals surface area (Å²) >= 11 is 5.89. The molecule has 1 unspecified atom stereocenters. The van der Waals surface area contributed by atoms with E-state index in [4.69, 9.17) is 11.6 Å². The molecule has 3 nitrogen and oxygen atoms in total. The average molecular weight is 307 g/mol. The van der Waals surface area contributed by atoms with Crippen LogP contribution in [-0.4, -0.2) is 36.5 Å². The number of hydrogen-bond donors (Lipinski definition) is 1. The topological polar surface area (TPSA) is 32.3 Å². The van der Waals surface area contributed by atoms with Crippen LogP contribution in [0.25, 0.3) is 0 Å². The van der Waals surface area contributed by atoms with Crippen LogP contribution in [0.5, 0.6) is 0 Å². The number of carbonyl (C=O) groups excluding carboxylic acids is 1. The molecule has 1 heterocycles. The van der Waals surface area contributed by atoms with E-state index in [1.54, 1.807) is 0 Å². The summed E-state index contributed by atoms with van der Waals surface area (Å²) in [5, 5.41) is 4.06. The molecule has 1 amide bonds. The van der Waals surface area contributed by atoms with Gasteiger partial charge in [0.05, 0.1) is 0 Å². The van der Waals surface area contributed by atoms with Crippen molar-refractivity contribution in [3.63, 3.8) is 0 Å². The first-order valence-electron chi connectivity index (χ1n) is 7.56. The van der Waals surface area contributed by atoms with E-state index in [1.165, 1.54) is 5.56 Å². The molecule has 2 rings (SSSR count). The highest BCUT2D eigenvalue weighted by atomic mass is 35.5. The summed E-state index contributed by atoms with van der Waals surface area (Å²) in [5.74, 6) is 0.290. The Bertz CT molecular complexity index is 472. The van der Waals surface area contributed by atoms with Crippen LogP contribution in [0.3, 0.4) is 0 Å². The van der Waals surface area contributed by atoms with Crippen molar-refractivity contribution < 1.29 is 4.79 Å². The Kier molecular flexibility index (Phi) is 6.27. The molecule has 1 fully saturated rings. The van der Waals surface area contributed by atoms with E-state index in [9.17, 15) is 4.79 Å². The van der Waals surface area contributed by atoms with Crippen LogP contribution in [0.1, 0.15) is 24.8 Å². The van der Waals surface area contributed by atoms with Gasteiger partial charge in [-0.2, -0.15) is 0 Å². The summed E-state index contributed by atoms with van der Waals surface area (Å²) in [6.07, 6.45) is 5.43. The predicted octanol–water partition coefficient (Wildman–Crippen LogP) is 3.04. The zero-order valence-corrected chi connectivity index (χ0v) is 13.1. The first-order valence-corrected chi connectivity index (χ1v) is 7.94. The summed E-state index contributed by atoms with van der Waals surface area (Å²) in [7, 11) is 0. The Morgan fingerprint density at radius 2 is 2.14 bits per heavy atom. The molecule has 4 heteroatoms. The van der Waals surface area contributed by atoms with Gasteiger partial charge < -0.3 is 10.2 Å². The van der Waals surface area contributed by atoms with E-state index in [1.807, 2.05) is 35.2 Å². The predicted molar refractivity (Wildman–Crippen MR) is 87.6 cm³/mol. The molecule has 1 N–H and O–H groups in total. The van der Waals surface area contributed by atoms with Gasteiger partial charge in [-0.15, -0.1) is 6.58 Å². The largest absolute Gasteiger partial charge is 0.339 e. The minimum absolute atomic E-state index is 0.290. The molecule has 1 atom stereocenters. The fraction of sp³-hybridized carbons (Fsp3) is 0.471. The number of likely N-dealkylation sites (tertiary alicyclic amines) is 1. The van der Waals surface area contributed by atoms with E-state index in [0.717, 1.165) is 43.9 Å². The van der Waals surface area contributed by atoms with Gasteiger partial charge >= 0.3 is 0 Å². The average Bonchev–Trinajstić information content (AvgIpc) is 2.84. The van der Waals surface area contributed by atoms with Crippen molar-refractivity contribution in [1.82, 2.24) is 10.2 Å². The number of amides is 1. The number of carbonyl (C=O) groups is 1. The zero-order valence-electron chi connectivity index (χ0n) is 12.4. The summed E-state index contributed by atoms with van der Waals surface area (Å²) in [6, 6.07) is 8.24. The lowest BCUT2D eigenvalue weighted by atomic mass is 10.1. The number of nitrogens with zero attached hydrogens (tertiary/aromatic N) is 1. The standard InChI is InChI=1S/C17H23ClN2O/c1-2-11-19-12-9-16-7-8-17(21)20(16)13-10-14-3-5-15(18)6-4-14/h2-6,16,19H,1,7-13H2. The van der Waals surface area contributed by atoms with Crippen molar-refractivity contribution in [2.75, 3.05) is 19.6 Å². The van der Waals surface area contributed by atoms with Crippen molar-refractivity contribution in [3.8, 4) is 0 Å². The highest BCUT2D eigenvalue weighted by Gasteiger charge is 2.29. The lowest BCUT2D eigenvalue weighted by Crippen LogP contribution is -2.36. The van der Waals surface area contributed by atoms with E-state index in [2.05, 4.69) is 11.9 Å². The Morgan fingerprint density at radius 1 is 1.38 bits per heavy atom. The summed E-state index contributed by atoms with van der Waals surface area (Å²) in [4.78, 5) is 14.1. The molecule has 0 saturated carbocycles. The van der Waals surface area contributed by atoms with E-state index in [0.29, 0.717) is 12.5 Å². The van der Waals surface area contributed by atoms with E-state index in [-0.39, 0.29) is 5.91 Å². The molecule has 0 aromatic heterocycles. The smallest absolute Gasteiger partial charge is 0.222 e. The Morgan fingerprint density at radius 3 is 2.86 bits per heavy atom. The molecule has 1 aromatic carbocycles. The van der Waals surface area contributed by atoms with Crippen molar-refractivity contribution in [2.24, 2.45) is 0 Å². The van der Waals surface area contributed by atoms with Crippen molar-refractivity contribution in [3.05, 3.63) is 47.5 Å². The van der Waals surface area contributed by atoms with E-state index < -0.39 is 0 Å². The zero-order chi connectivity index (χ0) is 15.1. The van der Waals surface area contributed by atoms with Crippen molar-refractivity contribution in [1.29, 1.82) is 0 Å². The minimum atomic E-state index is 0.290. The van der Waals surface area contributed by atoms with Crippen LogP contribution in [0.15, 0.2) is 36.9 Å². The van der Waals surface area contributed by atoms with Gasteiger partial charge in [0, 0.05) is 30.6 Å². The molecule has 1 aromatic rings. The monoisotopic (exact) mass is 306 g/mol. The van der Waals surface area contributed by atoms with Crippen molar-refractivity contribution in [2.45, 2.75) is 31.7 Å². The van der Waals surface area contributed by atoms with Gasteiger partial charge in [0.2, 0.25) is 5.91 Å². The minimum Gasteiger partial charge on any atom is -0.339 e. The molecule has 1 saturated heterocycles. The maximum Gasteiger partial charge on any atom is 0.222 e. The van der Waals surface area contributed by atoms with Crippen LogP contribution in [0, 0.1) is 0 Å². The first kappa shape index (κ1) is 16.1. The molecule has 21 heavy (non-hydrogen) atoms. The van der Waals surface area contributed by atoms with Crippen LogP contribution >= 0.6 is 11.6 Å². The molecule has 114 valence electrons. The van der Waals surface area contributed by atoms with Crippen molar-refractivity contribution >= 4 is 17.5 Å². The van der Waals surface area contributed by atoms with Crippen LogP contribution in [-0.2, 0) is 11.2 Å². The lowest BCUT2D eigenvalue weighted by Gasteiger charge is -2.25. The second kappa shape index (κ2) is 8.20. The molecule has 1 aliphatic rings. The third-order valence-electron chi connectivity index (χ3n) is 3.95. The number of nitrogens with one attached hydrogen (secondary N) is 1. The highest BCUT2D eigenvalue weighted by molar-refractivity contribution is 6.30. The SMILES string of the molecule is C=CCNCCC1CCC(=O)N1CCc1ccc(Cl)cc1. The highest BCUT2D eigenvalue weighted by Crippen LogP contribution is 2.21. The van der Waals surface area contributed by atoms with Gasteiger partial charge in [-0.3, -0.25) is 4.79 Å². The van der Waals surface area contributed by atoms with Crippen LogP contribution in [0.4, 0.5) is 0 Å². The molecular weight excluding hydrogens is 284 g/mol. The number of rotatable bonds is 8. The second-order valence-electron chi connectivity index (χ2n) is 5.44. The second-order valence-corrected chi connectivity index (χ2v) is 5.87. The molecule has 0 radical (unpaired) electrons. The summed E-state index contributed by atoms with van der Waals surface area (Å²) < 4.78 is 0. The Hall–Kier alpha value is -1.32. The molecule has 0 aliphatic carbocycles. The molecule has 0 spiro atoms. The van der Waals surface area contributed by atoms with Gasteiger partial charge in [-0.1, -0.05) is 29.8 Å². The van der Waals surface area contributed by atoms with Gasteiger partial charge in [0.15, 0.2) is 0 Å². The van der Waals surface area contributed by atoms with Crippen LogP contribution in [0.2, 0.25) is 5.02 Å². The van der Waals surface area contributed by atoms with Gasteiger partial charge in [-0.25, -0.2) is 0 Å². The molecular formula is C17H23ClN2O. The van der Waals surface area contributed by atoms with Gasteiger partial charge in [0.1, 0.15) is 0 Å². The van der Waals surface area contributed by atoms with Gasteiger partial charge in [0.25, 0.3) is 0 Å². The number of hydrogen-bond acceptors (Lipinski definition) is 2. The third-order valence-corrected chi connectivity index (χ3v) is 4.20. The molecule has 0 bridgehead atoms. The fourth-order valence-corrected chi connectivity index (χ4v) is 2.90. The Labute approximate surface area is 132 Å². The quantitative estimate of drug-likeness (QED) is 0.591. The third kappa shape index (κ3) is 4.87.